The molecule has 0 spiro atoms. The minimum atomic E-state index is -0.416. The number of anilines is 3. The van der Waals surface area contributed by atoms with Crippen LogP contribution in [0.15, 0.2) is 47.8 Å². The number of hydrogen-bond donors (Lipinski definition) is 3. The van der Waals surface area contributed by atoms with E-state index in [0.29, 0.717) is 35.7 Å². The zero-order valence-corrected chi connectivity index (χ0v) is 30.1. The summed E-state index contributed by atoms with van der Waals surface area (Å²) in [5.74, 6) is 2.04. The topological polar surface area (TPSA) is 110 Å². The van der Waals surface area contributed by atoms with Crippen LogP contribution in [0.4, 0.5) is 22.0 Å². The molecule has 0 unspecified atom stereocenters. The van der Waals surface area contributed by atoms with Crippen molar-refractivity contribution in [1.82, 2.24) is 30.1 Å². The van der Waals surface area contributed by atoms with Gasteiger partial charge in [-0.15, -0.1) is 0 Å². The number of carbonyl (C=O) groups is 1. The normalized spacial score (nSPS) is 16.5. The van der Waals surface area contributed by atoms with E-state index >= 15 is 0 Å². The van der Waals surface area contributed by atoms with Gasteiger partial charge in [-0.1, -0.05) is 46.2 Å². The quantitative estimate of drug-likeness (QED) is 0.111. The molecule has 3 heterocycles. The third-order valence-corrected chi connectivity index (χ3v) is 9.87. The van der Waals surface area contributed by atoms with Gasteiger partial charge < -0.3 is 25.2 Å². The zero-order chi connectivity index (χ0) is 34.4. The van der Waals surface area contributed by atoms with E-state index in [-0.39, 0.29) is 0 Å². The van der Waals surface area contributed by atoms with Crippen LogP contribution in [0.25, 0.3) is 10.9 Å². The number of benzene rings is 2. The number of amides is 2. The summed E-state index contributed by atoms with van der Waals surface area (Å²) in [5, 5.41) is 11.5. The summed E-state index contributed by atoms with van der Waals surface area (Å²) in [7, 11) is 0. The summed E-state index contributed by atoms with van der Waals surface area (Å²) in [4.78, 5) is 29.7. The smallest absolute Gasteiger partial charge is 0.339 e. The number of aromatic nitrogens is 2. The summed E-state index contributed by atoms with van der Waals surface area (Å²) < 4.78 is 6.30. The van der Waals surface area contributed by atoms with Gasteiger partial charge in [0.25, 0.3) is 0 Å². The molecule has 0 atom stereocenters. The standard InChI is InChI=1S/C38H57N9O2/c1-5-45(6-2)19-10-20-47-21-15-30(16-22-47)27-41-44-38(48)43-35-25-33-34(26-36(35)49-24-23-46-17-8-7-9-18-46)39-28-40-37(33)42-32-13-11-31(12-14-32)29(3)4/h11-14,25-30H,5-10,15-24H2,1-4H3,(H,39,40,42)(H2,43,44,48)/b41-27+. The third kappa shape index (κ3) is 11.1. The van der Waals surface area contributed by atoms with Crippen molar-refractivity contribution in [3.05, 3.63) is 48.3 Å². The molecule has 2 saturated heterocycles. The number of nitrogens with zero attached hydrogens (tertiary/aromatic N) is 6. The minimum Gasteiger partial charge on any atom is -0.490 e. The van der Waals surface area contributed by atoms with Crippen LogP contribution in [0.1, 0.15) is 77.7 Å². The lowest BCUT2D eigenvalue weighted by molar-refractivity contribution is 0.184. The molecule has 11 heteroatoms. The van der Waals surface area contributed by atoms with Gasteiger partial charge in [-0.2, -0.15) is 5.10 Å². The molecule has 2 aliphatic rings. The first-order chi connectivity index (χ1) is 23.9. The number of carbonyl (C=O) groups excluding carboxylic acids is 1. The van der Waals surface area contributed by atoms with E-state index in [4.69, 9.17) is 4.74 Å². The molecule has 2 fully saturated rings. The van der Waals surface area contributed by atoms with Gasteiger partial charge >= 0.3 is 6.03 Å². The SMILES string of the molecule is CCN(CC)CCCN1CCC(/C=N/NC(=O)Nc2cc3c(Nc4ccc(C(C)C)cc4)ncnc3cc2OCCN2CCCCC2)CC1. The summed E-state index contributed by atoms with van der Waals surface area (Å²) in [6.07, 6.45) is 10.5. The first-order valence-electron chi connectivity index (χ1n) is 18.5. The number of rotatable bonds is 16. The van der Waals surface area contributed by atoms with Gasteiger partial charge in [-0.25, -0.2) is 20.2 Å². The number of fused-ring (bicyclic) bond motifs is 1. The summed E-state index contributed by atoms with van der Waals surface area (Å²) >= 11 is 0. The number of nitrogens with one attached hydrogen (secondary N) is 3. The first kappa shape index (κ1) is 36.5. The molecule has 2 aromatic carbocycles. The van der Waals surface area contributed by atoms with Gasteiger partial charge in [0.2, 0.25) is 0 Å². The Bertz CT molecular complexity index is 1480. The second-order valence-electron chi connectivity index (χ2n) is 13.6. The number of ether oxygens (including phenoxy) is 1. The zero-order valence-electron chi connectivity index (χ0n) is 30.1. The Morgan fingerprint density at radius 2 is 1.73 bits per heavy atom. The number of likely N-dealkylation sites (tertiary alicyclic amines) is 2. The van der Waals surface area contributed by atoms with E-state index in [1.54, 1.807) is 6.33 Å². The largest absolute Gasteiger partial charge is 0.490 e. The Hall–Kier alpha value is -3.80. The molecule has 266 valence electrons. The maximum Gasteiger partial charge on any atom is 0.339 e. The number of urea groups is 1. The fraction of sp³-hybridized carbons (Fsp3) is 0.579. The lowest BCUT2D eigenvalue weighted by atomic mass is 9.98. The Morgan fingerprint density at radius 3 is 2.45 bits per heavy atom. The predicted molar refractivity (Wildman–Crippen MR) is 201 cm³/mol. The van der Waals surface area contributed by atoms with E-state index in [1.807, 2.05) is 18.3 Å². The van der Waals surface area contributed by atoms with Crippen LogP contribution in [0.5, 0.6) is 5.75 Å². The van der Waals surface area contributed by atoms with Crippen molar-refractivity contribution in [3.8, 4) is 5.75 Å². The van der Waals surface area contributed by atoms with Crippen LogP contribution in [0.3, 0.4) is 0 Å². The molecule has 11 nitrogen and oxygen atoms in total. The Morgan fingerprint density at radius 1 is 1.00 bits per heavy atom. The van der Waals surface area contributed by atoms with E-state index in [9.17, 15) is 4.79 Å². The maximum absolute atomic E-state index is 13.1. The average molecular weight is 672 g/mol. The fourth-order valence-electron chi connectivity index (χ4n) is 6.69. The monoisotopic (exact) mass is 671 g/mol. The Kier molecular flexibility index (Phi) is 14.0. The molecule has 1 aromatic heterocycles. The van der Waals surface area contributed by atoms with Crippen LogP contribution in [0, 0.1) is 5.92 Å². The summed E-state index contributed by atoms with van der Waals surface area (Å²) in [6.45, 7) is 19.0. The lowest BCUT2D eigenvalue weighted by Gasteiger charge is -2.30. The van der Waals surface area contributed by atoms with Gasteiger partial charge in [0.15, 0.2) is 0 Å². The highest BCUT2D eigenvalue weighted by Gasteiger charge is 2.19. The van der Waals surface area contributed by atoms with E-state index < -0.39 is 6.03 Å². The predicted octanol–water partition coefficient (Wildman–Crippen LogP) is 6.91. The second kappa shape index (κ2) is 18.8. The van der Waals surface area contributed by atoms with Crippen LogP contribution in [-0.4, -0.2) is 102 Å². The third-order valence-electron chi connectivity index (χ3n) is 9.87. The van der Waals surface area contributed by atoms with Gasteiger partial charge in [-0.05, 0) is 120 Å². The molecule has 3 N–H and O–H groups in total. The molecule has 3 aromatic rings. The average Bonchev–Trinajstić information content (AvgIpc) is 3.12. The molecule has 0 saturated carbocycles. The van der Waals surface area contributed by atoms with Crippen molar-refractivity contribution >= 4 is 40.3 Å². The molecule has 2 aliphatic heterocycles. The number of hydrogen-bond acceptors (Lipinski definition) is 9. The van der Waals surface area contributed by atoms with Crippen LogP contribution >= 0.6 is 0 Å². The highest BCUT2D eigenvalue weighted by Crippen LogP contribution is 2.33. The van der Waals surface area contributed by atoms with Crippen molar-refractivity contribution in [3.63, 3.8) is 0 Å². The first-order valence-corrected chi connectivity index (χ1v) is 18.5. The second-order valence-corrected chi connectivity index (χ2v) is 13.6. The molecule has 49 heavy (non-hydrogen) atoms. The maximum atomic E-state index is 13.1. The van der Waals surface area contributed by atoms with Crippen molar-refractivity contribution in [2.24, 2.45) is 11.0 Å². The van der Waals surface area contributed by atoms with Gasteiger partial charge in [0.05, 0.1) is 11.2 Å². The summed E-state index contributed by atoms with van der Waals surface area (Å²) in [5.41, 5.74) is 6.17. The van der Waals surface area contributed by atoms with Crippen molar-refractivity contribution in [1.29, 1.82) is 0 Å². The fourth-order valence-corrected chi connectivity index (χ4v) is 6.69. The van der Waals surface area contributed by atoms with Gasteiger partial charge in [-0.3, -0.25) is 4.90 Å². The molecule has 0 aliphatic carbocycles. The van der Waals surface area contributed by atoms with Crippen LogP contribution < -0.4 is 20.8 Å². The highest BCUT2D eigenvalue weighted by molar-refractivity contribution is 5.99. The molecule has 2 amide bonds. The van der Waals surface area contributed by atoms with Crippen molar-refractivity contribution < 1.29 is 9.53 Å². The summed E-state index contributed by atoms with van der Waals surface area (Å²) in [6, 6.07) is 11.7. The van der Waals surface area contributed by atoms with E-state index in [2.05, 4.69) is 97.8 Å². The number of piperidine rings is 2. The van der Waals surface area contributed by atoms with E-state index in [0.717, 1.165) is 88.3 Å². The van der Waals surface area contributed by atoms with Crippen LogP contribution in [-0.2, 0) is 0 Å². The van der Waals surface area contributed by atoms with E-state index in [1.165, 1.54) is 31.2 Å². The van der Waals surface area contributed by atoms with Gasteiger partial charge in [0.1, 0.15) is 24.5 Å². The molecule has 0 bridgehead atoms. The Labute approximate surface area is 292 Å². The van der Waals surface area contributed by atoms with Crippen LogP contribution in [0.2, 0.25) is 0 Å². The van der Waals surface area contributed by atoms with Crippen molar-refractivity contribution in [2.75, 3.05) is 76.1 Å². The lowest BCUT2D eigenvalue weighted by Crippen LogP contribution is -2.36. The highest BCUT2D eigenvalue weighted by atomic mass is 16.5. The molecule has 0 radical (unpaired) electrons. The molecular formula is C38H57N9O2. The molecule has 5 rings (SSSR count). The number of hydrazone groups is 1. The Balaban J connectivity index is 1.22. The van der Waals surface area contributed by atoms with Gasteiger partial charge in [0, 0.05) is 29.9 Å². The van der Waals surface area contributed by atoms with Crippen molar-refractivity contribution in [2.45, 2.75) is 72.1 Å². The molecular weight excluding hydrogens is 614 g/mol. The minimum absolute atomic E-state index is 0.356.